The molecule has 1 aliphatic heterocycles. The van der Waals surface area contributed by atoms with Crippen LogP contribution in [0.5, 0.6) is 11.5 Å². The molecule has 1 saturated heterocycles. The van der Waals surface area contributed by atoms with Crippen LogP contribution in [0.1, 0.15) is 6.42 Å². The summed E-state index contributed by atoms with van der Waals surface area (Å²) in [4.78, 5) is 13.4. The number of nitrogens with one attached hydrogen (secondary N) is 1. The highest BCUT2D eigenvalue weighted by Gasteiger charge is 2.29. The lowest BCUT2D eigenvalue weighted by Crippen LogP contribution is -2.23. The molecule has 2 N–H and O–H groups in total. The molecular formula is C23H24N2O6S. The summed E-state index contributed by atoms with van der Waals surface area (Å²) in [5.74, 6) is -0.542. The molecule has 0 radical (unpaired) electrons. The molecule has 1 atom stereocenters. The zero-order chi connectivity index (χ0) is 22.9. The third-order valence-electron chi connectivity index (χ3n) is 5.68. The zero-order valence-corrected chi connectivity index (χ0v) is 18.6. The third-order valence-corrected chi connectivity index (χ3v) is 7.09. The Morgan fingerprint density at radius 1 is 1.06 bits per heavy atom. The standard InChI is InChI=1S/C23H24N2O6S/c1-30-16-7-10-22(21(13-16)31-2)32(28,29)24-19-8-9-20(18-6-4-3-5-17(18)19)25-12-11-15(14-25)23(26)27/h3-10,13,15,24H,11-12,14H2,1-2H3,(H,26,27)/t15-/m1/s1. The number of anilines is 2. The third kappa shape index (κ3) is 4.03. The van der Waals surface area contributed by atoms with Gasteiger partial charge in [0.15, 0.2) is 0 Å². The van der Waals surface area contributed by atoms with E-state index < -0.39 is 21.9 Å². The molecule has 0 aromatic heterocycles. The van der Waals surface area contributed by atoms with Crippen LogP contribution < -0.4 is 19.1 Å². The van der Waals surface area contributed by atoms with Gasteiger partial charge in [0, 0.05) is 35.6 Å². The summed E-state index contributed by atoms with van der Waals surface area (Å²) in [7, 11) is -1.05. The first-order valence-electron chi connectivity index (χ1n) is 10.1. The number of aliphatic carboxylic acids is 1. The number of rotatable bonds is 7. The van der Waals surface area contributed by atoms with E-state index in [1.54, 1.807) is 12.1 Å². The van der Waals surface area contributed by atoms with Crippen LogP contribution in [0.2, 0.25) is 0 Å². The van der Waals surface area contributed by atoms with Gasteiger partial charge in [0.2, 0.25) is 0 Å². The maximum atomic E-state index is 13.2. The van der Waals surface area contributed by atoms with Crippen LogP contribution in [0.4, 0.5) is 11.4 Å². The summed E-state index contributed by atoms with van der Waals surface area (Å²) in [6.45, 7) is 1.06. The van der Waals surface area contributed by atoms with E-state index in [1.165, 1.54) is 26.4 Å². The van der Waals surface area contributed by atoms with Gasteiger partial charge in [-0.25, -0.2) is 8.42 Å². The number of nitrogens with zero attached hydrogens (tertiary/aromatic N) is 1. The van der Waals surface area contributed by atoms with Gasteiger partial charge >= 0.3 is 5.97 Å². The van der Waals surface area contributed by atoms with Crippen LogP contribution in [0, 0.1) is 5.92 Å². The number of benzene rings is 3. The maximum Gasteiger partial charge on any atom is 0.308 e. The van der Waals surface area contributed by atoms with E-state index in [4.69, 9.17) is 9.47 Å². The van der Waals surface area contributed by atoms with E-state index >= 15 is 0 Å². The lowest BCUT2D eigenvalue weighted by Gasteiger charge is -2.22. The molecule has 0 spiro atoms. The van der Waals surface area contributed by atoms with Gasteiger partial charge in [-0.15, -0.1) is 0 Å². The number of methoxy groups -OCH3 is 2. The van der Waals surface area contributed by atoms with Crippen molar-refractivity contribution < 1.29 is 27.8 Å². The summed E-state index contributed by atoms with van der Waals surface area (Å²) < 4.78 is 39.4. The largest absolute Gasteiger partial charge is 0.497 e. The average molecular weight is 457 g/mol. The quantitative estimate of drug-likeness (QED) is 0.560. The Morgan fingerprint density at radius 2 is 1.81 bits per heavy atom. The molecule has 32 heavy (non-hydrogen) atoms. The topological polar surface area (TPSA) is 105 Å². The van der Waals surface area contributed by atoms with Crippen molar-refractivity contribution in [2.75, 3.05) is 36.9 Å². The van der Waals surface area contributed by atoms with Crippen molar-refractivity contribution in [2.45, 2.75) is 11.3 Å². The minimum absolute atomic E-state index is 0.00204. The van der Waals surface area contributed by atoms with Crippen molar-refractivity contribution >= 4 is 38.1 Å². The molecule has 1 aliphatic rings. The van der Waals surface area contributed by atoms with Crippen molar-refractivity contribution in [3.8, 4) is 11.5 Å². The van der Waals surface area contributed by atoms with Gasteiger partial charge in [-0.3, -0.25) is 9.52 Å². The van der Waals surface area contributed by atoms with Crippen LogP contribution in [0.15, 0.2) is 59.5 Å². The number of fused-ring (bicyclic) bond motifs is 1. The van der Waals surface area contributed by atoms with Crippen LogP contribution in [0.25, 0.3) is 10.8 Å². The number of carboxylic acids is 1. The van der Waals surface area contributed by atoms with Crippen molar-refractivity contribution in [3.63, 3.8) is 0 Å². The lowest BCUT2D eigenvalue weighted by molar-refractivity contribution is -0.140. The molecule has 0 bridgehead atoms. The Labute approximate surface area is 186 Å². The fraction of sp³-hybridized carbons (Fsp3) is 0.261. The zero-order valence-electron chi connectivity index (χ0n) is 17.7. The number of hydrogen-bond acceptors (Lipinski definition) is 6. The molecule has 3 aromatic rings. The molecule has 0 amide bonds. The number of ether oxygens (including phenoxy) is 2. The molecule has 1 heterocycles. The smallest absolute Gasteiger partial charge is 0.308 e. The Kier molecular flexibility index (Phi) is 5.84. The summed E-state index contributed by atoms with van der Waals surface area (Å²) in [5.41, 5.74) is 1.31. The molecular weight excluding hydrogens is 432 g/mol. The summed E-state index contributed by atoms with van der Waals surface area (Å²) in [6, 6.07) is 15.5. The first-order chi connectivity index (χ1) is 15.3. The second kappa shape index (κ2) is 8.58. The number of carbonyl (C=O) groups is 1. The minimum Gasteiger partial charge on any atom is -0.497 e. The number of hydrogen-bond donors (Lipinski definition) is 2. The monoisotopic (exact) mass is 456 g/mol. The van der Waals surface area contributed by atoms with Crippen molar-refractivity contribution in [2.24, 2.45) is 5.92 Å². The van der Waals surface area contributed by atoms with E-state index in [0.29, 0.717) is 30.9 Å². The predicted molar refractivity (Wildman–Crippen MR) is 122 cm³/mol. The highest BCUT2D eigenvalue weighted by atomic mass is 32.2. The molecule has 1 fully saturated rings. The summed E-state index contributed by atoms with van der Waals surface area (Å²) >= 11 is 0. The van der Waals surface area contributed by atoms with Gasteiger partial charge in [0.25, 0.3) is 10.0 Å². The van der Waals surface area contributed by atoms with E-state index in [2.05, 4.69) is 4.72 Å². The lowest BCUT2D eigenvalue weighted by atomic mass is 10.1. The second-order valence-electron chi connectivity index (χ2n) is 7.57. The minimum atomic E-state index is -3.95. The highest BCUT2D eigenvalue weighted by Crippen LogP contribution is 2.37. The first-order valence-corrected chi connectivity index (χ1v) is 11.6. The van der Waals surface area contributed by atoms with E-state index in [1.807, 2.05) is 35.2 Å². The van der Waals surface area contributed by atoms with Crippen molar-refractivity contribution in [1.82, 2.24) is 0 Å². The Hall–Kier alpha value is -3.46. The van der Waals surface area contributed by atoms with Gasteiger partial charge < -0.3 is 19.5 Å². The van der Waals surface area contributed by atoms with E-state index in [9.17, 15) is 18.3 Å². The van der Waals surface area contributed by atoms with Crippen LogP contribution >= 0.6 is 0 Å². The normalized spacial score (nSPS) is 16.2. The molecule has 0 aliphatic carbocycles. The molecule has 168 valence electrons. The summed E-state index contributed by atoms with van der Waals surface area (Å²) in [6.07, 6.45) is 0.579. The Morgan fingerprint density at radius 3 is 2.47 bits per heavy atom. The van der Waals surface area contributed by atoms with Gasteiger partial charge in [-0.1, -0.05) is 24.3 Å². The molecule has 8 nitrogen and oxygen atoms in total. The van der Waals surface area contributed by atoms with Crippen molar-refractivity contribution in [1.29, 1.82) is 0 Å². The maximum absolute atomic E-state index is 13.2. The van der Waals surface area contributed by atoms with Crippen LogP contribution in [0.3, 0.4) is 0 Å². The fourth-order valence-corrected chi connectivity index (χ4v) is 5.26. The van der Waals surface area contributed by atoms with E-state index in [0.717, 1.165) is 16.5 Å². The fourth-order valence-electron chi connectivity index (χ4n) is 4.03. The molecule has 9 heteroatoms. The molecule has 4 rings (SSSR count). The number of sulfonamides is 1. The van der Waals surface area contributed by atoms with Crippen LogP contribution in [-0.2, 0) is 14.8 Å². The van der Waals surface area contributed by atoms with Crippen LogP contribution in [-0.4, -0.2) is 46.8 Å². The van der Waals surface area contributed by atoms with Gasteiger partial charge in [0.1, 0.15) is 16.4 Å². The van der Waals surface area contributed by atoms with Crippen molar-refractivity contribution in [3.05, 3.63) is 54.6 Å². The Balaban J connectivity index is 1.71. The highest BCUT2D eigenvalue weighted by molar-refractivity contribution is 7.92. The average Bonchev–Trinajstić information content (AvgIpc) is 3.29. The first kappa shape index (κ1) is 21.8. The summed E-state index contributed by atoms with van der Waals surface area (Å²) in [5, 5.41) is 10.9. The second-order valence-corrected chi connectivity index (χ2v) is 9.22. The molecule has 0 saturated carbocycles. The number of carboxylic acid groups (broad SMARTS) is 1. The molecule has 3 aromatic carbocycles. The van der Waals surface area contributed by atoms with Gasteiger partial charge in [0.05, 0.1) is 25.8 Å². The van der Waals surface area contributed by atoms with E-state index in [-0.39, 0.29) is 10.6 Å². The van der Waals surface area contributed by atoms with Gasteiger partial charge in [-0.2, -0.15) is 0 Å². The van der Waals surface area contributed by atoms with Gasteiger partial charge in [-0.05, 0) is 30.7 Å². The predicted octanol–water partition coefficient (Wildman–Crippen LogP) is 3.57. The Bertz CT molecular complexity index is 1270. The molecule has 0 unspecified atom stereocenters. The SMILES string of the molecule is COc1ccc(S(=O)(=O)Nc2ccc(N3CC[C@@H](C(=O)O)C3)c3ccccc23)c(OC)c1.